The Morgan fingerprint density at radius 2 is 1.90 bits per heavy atom. The Kier molecular flexibility index (Phi) is 5.20. The Balaban J connectivity index is 1.59. The molecule has 0 unspecified atom stereocenters. The summed E-state index contributed by atoms with van der Waals surface area (Å²) in [5, 5.41) is 17.2. The molecular weight excluding hydrogens is 404 g/mol. The fourth-order valence-electron chi connectivity index (χ4n) is 3.52. The topological polar surface area (TPSA) is 89.5 Å². The van der Waals surface area contributed by atoms with Gasteiger partial charge in [0.2, 0.25) is 0 Å². The van der Waals surface area contributed by atoms with Gasteiger partial charge in [0, 0.05) is 40.0 Å². The molecule has 1 amide bonds. The van der Waals surface area contributed by atoms with E-state index in [1.807, 2.05) is 30.3 Å². The van der Waals surface area contributed by atoms with E-state index in [1.165, 1.54) is 17.6 Å². The molecule has 0 aliphatic heterocycles. The quantitative estimate of drug-likeness (QED) is 0.275. The SMILES string of the molecule is CCn1c2ccccc2c2cc(/C=N/NC(=O)c3ccc(Cl)c([N+](=O)[O-])c3)ccc21. The number of nitrogens with one attached hydrogen (secondary N) is 1. The second-order valence-electron chi connectivity index (χ2n) is 6.66. The lowest BCUT2D eigenvalue weighted by atomic mass is 10.1. The van der Waals surface area contributed by atoms with Gasteiger partial charge in [-0.1, -0.05) is 35.9 Å². The molecule has 4 aromatic rings. The van der Waals surface area contributed by atoms with Gasteiger partial charge in [0.25, 0.3) is 11.6 Å². The molecule has 0 atom stereocenters. The van der Waals surface area contributed by atoms with E-state index in [4.69, 9.17) is 11.6 Å². The molecule has 3 aromatic carbocycles. The van der Waals surface area contributed by atoms with Crippen LogP contribution in [0.5, 0.6) is 0 Å². The standard InChI is InChI=1S/C22H17ClN4O3/c1-2-26-19-6-4-3-5-16(19)17-11-14(7-10-20(17)26)13-24-25-22(28)15-8-9-18(23)21(12-15)27(29)30/h3-13H,2H2,1H3,(H,25,28)/b24-13+. The molecular formula is C22H17ClN4O3. The summed E-state index contributed by atoms with van der Waals surface area (Å²) in [7, 11) is 0. The van der Waals surface area contributed by atoms with Crippen LogP contribution in [0.4, 0.5) is 5.69 Å². The number of nitro benzene ring substituents is 1. The lowest BCUT2D eigenvalue weighted by Gasteiger charge is -2.03. The molecule has 0 fully saturated rings. The Morgan fingerprint density at radius 1 is 1.13 bits per heavy atom. The lowest BCUT2D eigenvalue weighted by Crippen LogP contribution is -2.17. The van der Waals surface area contributed by atoms with Gasteiger partial charge >= 0.3 is 0 Å². The highest BCUT2D eigenvalue weighted by atomic mass is 35.5. The van der Waals surface area contributed by atoms with E-state index in [9.17, 15) is 14.9 Å². The summed E-state index contributed by atoms with van der Waals surface area (Å²) in [6, 6.07) is 18.0. The number of amides is 1. The maximum atomic E-state index is 12.3. The maximum Gasteiger partial charge on any atom is 0.288 e. The average molecular weight is 421 g/mol. The summed E-state index contributed by atoms with van der Waals surface area (Å²) in [6.45, 7) is 2.97. The van der Waals surface area contributed by atoms with Crippen molar-refractivity contribution in [3.63, 3.8) is 0 Å². The maximum absolute atomic E-state index is 12.3. The Morgan fingerprint density at radius 3 is 2.67 bits per heavy atom. The fourth-order valence-corrected chi connectivity index (χ4v) is 3.70. The number of halogens is 1. The number of fused-ring (bicyclic) bond motifs is 3. The third-order valence-electron chi connectivity index (χ3n) is 4.90. The minimum absolute atomic E-state index is 0.0282. The minimum atomic E-state index is -0.635. The van der Waals surface area contributed by atoms with Gasteiger partial charge in [-0.2, -0.15) is 5.10 Å². The predicted octanol–water partition coefficient (Wildman–Crippen LogP) is 5.14. The van der Waals surface area contributed by atoms with Crippen LogP contribution in [0, 0.1) is 10.1 Å². The number of rotatable bonds is 5. The molecule has 1 N–H and O–H groups in total. The van der Waals surface area contributed by atoms with E-state index in [2.05, 4.69) is 34.2 Å². The number of hydrogen-bond donors (Lipinski definition) is 1. The first-order valence-electron chi connectivity index (χ1n) is 9.28. The van der Waals surface area contributed by atoms with Crippen molar-refractivity contribution in [2.24, 2.45) is 5.10 Å². The van der Waals surface area contributed by atoms with Crippen LogP contribution in [0.25, 0.3) is 21.8 Å². The first-order valence-corrected chi connectivity index (χ1v) is 9.65. The molecule has 1 aromatic heterocycles. The van der Waals surface area contributed by atoms with Crippen LogP contribution in [0.3, 0.4) is 0 Å². The summed E-state index contributed by atoms with van der Waals surface area (Å²) in [5.41, 5.74) is 5.29. The number of carbonyl (C=O) groups is 1. The fraction of sp³-hybridized carbons (Fsp3) is 0.0909. The van der Waals surface area contributed by atoms with Gasteiger partial charge in [-0.3, -0.25) is 14.9 Å². The number of para-hydroxylation sites is 1. The van der Waals surface area contributed by atoms with E-state index in [-0.39, 0.29) is 16.3 Å². The van der Waals surface area contributed by atoms with E-state index in [0.29, 0.717) is 0 Å². The first kappa shape index (κ1) is 19.6. The van der Waals surface area contributed by atoms with Crippen LogP contribution in [0.15, 0.2) is 65.8 Å². The van der Waals surface area contributed by atoms with Gasteiger partial charge in [-0.15, -0.1) is 0 Å². The molecule has 0 bridgehead atoms. The summed E-state index contributed by atoms with van der Waals surface area (Å²) in [5.74, 6) is -0.560. The van der Waals surface area contributed by atoms with E-state index in [0.717, 1.165) is 34.5 Å². The zero-order valence-corrected chi connectivity index (χ0v) is 16.8. The Hall–Kier alpha value is -3.71. The second-order valence-corrected chi connectivity index (χ2v) is 7.07. The Labute approximate surface area is 176 Å². The van der Waals surface area contributed by atoms with Crippen LogP contribution < -0.4 is 5.43 Å². The van der Waals surface area contributed by atoms with Crippen LogP contribution >= 0.6 is 11.6 Å². The third-order valence-corrected chi connectivity index (χ3v) is 5.22. The molecule has 150 valence electrons. The molecule has 1 heterocycles. The van der Waals surface area contributed by atoms with Gasteiger partial charge in [-0.25, -0.2) is 5.43 Å². The van der Waals surface area contributed by atoms with Crippen molar-refractivity contribution in [3.05, 3.63) is 86.9 Å². The predicted molar refractivity (Wildman–Crippen MR) is 118 cm³/mol. The smallest absolute Gasteiger partial charge is 0.288 e. The summed E-state index contributed by atoms with van der Waals surface area (Å²) in [4.78, 5) is 22.6. The minimum Gasteiger partial charge on any atom is -0.341 e. The van der Waals surface area contributed by atoms with Gasteiger partial charge in [0.05, 0.1) is 11.1 Å². The number of carbonyl (C=O) groups excluding carboxylic acids is 1. The number of hydrazone groups is 1. The molecule has 30 heavy (non-hydrogen) atoms. The largest absolute Gasteiger partial charge is 0.341 e. The highest BCUT2D eigenvalue weighted by Gasteiger charge is 2.16. The number of aryl methyl sites for hydroxylation is 1. The number of hydrogen-bond acceptors (Lipinski definition) is 4. The number of nitrogens with zero attached hydrogens (tertiary/aromatic N) is 3. The average Bonchev–Trinajstić information content (AvgIpc) is 3.07. The zero-order chi connectivity index (χ0) is 21.3. The number of nitro groups is 1. The van der Waals surface area contributed by atoms with Crippen LogP contribution in [0.1, 0.15) is 22.8 Å². The van der Waals surface area contributed by atoms with E-state index >= 15 is 0 Å². The van der Waals surface area contributed by atoms with Crippen molar-refractivity contribution >= 4 is 51.2 Å². The second kappa shape index (κ2) is 7.96. The van der Waals surface area contributed by atoms with Gasteiger partial charge in [-0.05, 0) is 42.8 Å². The summed E-state index contributed by atoms with van der Waals surface area (Å²) in [6.07, 6.45) is 1.54. The van der Waals surface area contributed by atoms with Crippen molar-refractivity contribution in [2.75, 3.05) is 0 Å². The third kappa shape index (κ3) is 3.51. The molecule has 0 aliphatic rings. The summed E-state index contributed by atoms with van der Waals surface area (Å²) < 4.78 is 2.25. The van der Waals surface area contributed by atoms with Crippen molar-refractivity contribution in [1.82, 2.24) is 9.99 Å². The molecule has 0 aliphatic carbocycles. The summed E-state index contributed by atoms with van der Waals surface area (Å²) >= 11 is 5.78. The van der Waals surface area contributed by atoms with Crippen molar-refractivity contribution < 1.29 is 9.72 Å². The molecule has 0 spiro atoms. The molecule has 8 heteroatoms. The molecule has 4 rings (SSSR count). The molecule has 0 saturated heterocycles. The zero-order valence-electron chi connectivity index (χ0n) is 16.0. The van der Waals surface area contributed by atoms with Crippen LogP contribution in [-0.2, 0) is 6.54 Å². The molecule has 7 nitrogen and oxygen atoms in total. The molecule has 0 radical (unpaired) electrons. The van der Waals surface area contributed by atoms with E-state index < -0.39 is 10.8 Å². The highest BCUT2D eigenvalue weighted by Crippen LogP contribution is 2.29. The van der Waals surface area contributed by atoms with Gasteiger partial charge in [0.15, 0.2) is 0 Å². The van der Waals surface area contributed by atoms with Crippen molar-refractivity contribution in [2.45, 2.75) is 13.5 Å². The normalized spacial score (nSPS) is 11.4. The lowest BCUT2D eigenvalue weighted by molar-refractivity contribution is -0.384. The monoisotopic (exact) mass is 420 g/mol. The first-order chi connectivity index (χ1) is 14.5. The van der Waals surface area contributed by atoms with Gasteiger partial charge < -0.3 is 4.57 Å². The number of aromatic nitrogens is 1. The van der Waals surface area contributed by atoms with E-state index in [1.54, 1.807) is 6.21 Å². The highest BCUT2D eigenvalue weighted by molar-refractivity contribution is 6.32. The number of benzene rings is 3. The van der Waals surface area contributed by atoms with Gasteiger partial charge in [0.1, 0.15) is 5.02 Å². The molecule has 0 saturated carbocycles. The Bertz CT molecular complexity index is 1330. The van der Waals surface area contributed by atoms with Crippen molar-refractivity contribution in [3.8, 4) is 0 Å². The van der Waals surface area contributed by atoms with Crippen LogP contribution in [0.2, 0.25) is 5.02 Å². The van der Waals surface area contributed by atoms with Crippen LogP contribution in [-0.4, -0.2) is 21.6 Å². The van der Waals surface area contributed by atoms with Crippen molar-refractivity contribution in [1.29, 1.82) is 0 Å².